The molecule has 0 spiro atoms. The first-order chi connectivity index (χ1) is 8.95. The van der Waals surface area contributed by atoms with E-state index in [1.165, 1.54) is 6.07 Å². The van der Waals surface area contributed by atoms with E-state index in [1.54, 1.807) is 18.2 Å². The highest BCUT2D eigenvalue weighted by Crippen LogP contribution is 2.27. The average Bonchev–Trinajstić information content (AvgIpc) is 2.33. The van der Waals surface area contributed by atoms with Crippen molar-refractivity contribution in [1.29, 1.82) is 0 Å². The summed E-state index contributed by atoms with van der Waals surface area (Å²) in [7, 11) is 0. The predicted octanol–water partition coefficient (Wildman–Crippen LogP) is 5.06. The van der Waals surface area contributed by atoms with Crippen LogP contribution in [0.25, 0.3) is 0 Å². The Morgan fingerprint density at radius 3 is 2.53 bits per heavy atom. The third-order valence-corrected chi connectivity index (χ3v) is 3.33. The number of nitrogens with zero attached hydrogens (tertiary/aromatic N) is 2. The minimum absolute atomic E-state index is 0.194. The Bertz CT molecular complexity index is 605. The van der Waals surface area contributed by atoms with Crippen LogP contribution in [0.2, 0.25) is 0 Å². The second-order valence-corrected chi connectivity index (χ2v) is 5.89. The molecule has 3 nitrogen and oxygen atoms in total. The molecule has 0 radical (unpaired) electrons. The van der Waals surface area contributed by atoms with Crippen LogP contribution in [-0.4, -0.2) is 9.97 Å². The van der Waals surface area contributed by atoms with Crippen LogP contribution in [0.5, 0.6) is 11.6 Å². The summed E-state index contributed by atoms with van der Waals surface area (Å²) in [6.45, 7) is 4.00. The van der Waals surface area contributed by atoms with E-state index in [0.29, 0.717) is 26.5 Å². The molecule has 0 atom stereocenters. The fourth-order valence-electron chi connectivity index (χ4n) is 1.39. The first kappa shape index (κ1) is 14.4. The number of rotatable bonds is 3. The van der Waals surface area contributed by atoms with Crippen molar-refractivity contribution in [1.82, 2.24) is 9.97 Å². The lowest BCUT2D eigenvalue weighted by atomic mass is 10.2. The Balaban J connectivity index is 2.29. The van der Waals surface area contributed by atoms with Crippen LogP contribution < -0.4 is 4.74 Å². The van der Waals surface area contributed by atoms with E-state index < -0.39 is 0 Å². The molecule has 0 fully saturated rings. The van der Waals surface area contributed by atoms with Gasteiger partial charge in [0.25, 0.3) is 0 Å². The molecule has 19 heavy (non-hydrogen) atoms. The van der Waals surface area contributed by atoms with E-state index >= 15 is 0 Å². The fraction of sp³-hybridized carbons (Fsp3) is 0.231. The van der Waals surface area contributed by atoms with Gasteiger partial charge in [-0.1, -0.05) is 13.8 Å². The van der Waals surface area contributed by atoms with Crippen molar-refractivity contribution < 1.29 is 9.13 Å². The van der Waals surface area contributed by atoms with Crippen LogP contribution in [0.4, 0.5) is 4.39 Å². The molecule has 0 saturated carbocycles. The summed E-state index contributed by atoms with van der Waals surface area (Å²) in [5.74, 6) is 1.47. The molecule has 0 saturated heterocycles. The van der Waals surface area contributed by atoms with Crippen LogP contribution in [-0.2, 0) is 0 Å². The van der Waals surface area contributed by atoms with Gasteiger partial charge in [-0.3, -0.25) is 0 Å². The van der Waals surface area contributed by atoms with Gasteiger partial charge in [0.15, 0.2) is 0 Å². The van der Waals surface area contributed by atoms with Crippen molar-refractivity contribution in [2.24, 2.45) is 0 Å². The second kappa shape index (κ2) is 5.96. The Labute approximate surface area is 127 Å². The Morgan fingerprint density at radius 2 is 1.89 bits per heavy atom. The highest BCUT2D eigenvalue weighted by atomic mass is 79.9. The first-order valence-corrected chi connectivity index (χ1v) is 7.21. The second-order valence-electron chi connectivity index (χ2n) is 4.22. The smallest absolute Gasteiger partial charge is 0.223 e. The predicted molar refractivity (Wildman–Crippen MR) is 78.0 cm³/mol. The number of hydrogen-bond acceptors (Lipinski definition) is 3. The maximum atomic E-state index is 13.1. The summed E-state index contributed by atoms with van der Waals surface area (Å²) < 4.78 is 19.7. The highest BCUT2D eigenvalue weighted by Gasteiger charge is 2.09. The average molecular weight is 390 g/mol. The van der Waals surface area contributed by atoms with E-state index in [-0.39, 0.29) is 11.7 Å². The van der Waals surface area contributed by atoms with Gasteiger partial charge in [-0.15, -0.1) is 0 Å². The first-order valence-electron chi connectivity index (χ1n) is 5.63. The molecule has 100 valence electrons. The van der Waals surface area contributed by atoms with Crippen LogP contribution in [0.15, 0.2) is 33.3 Å². The summed E-state index contributed by atoms with van der Waals surface area (Å²) in [6.07, 6.45) is 0. The maximum absolute atomic E-state index is 13.1. The highest BCUT2D eigenvalue weighted by molar-refractivity contribution is 9.10. The monoisotopic (exact) mass is 388 g/mol. The molecular formula is C13H11Br2FN2O. The molecule has 0 amide bonds. The standard InChI is InChI=1S/C13H11Br2FN2O/c1-7(2)13-17-11(15)6-12(18-13)19-8-3-4-10(16)9(14)5-8/h3-7H,1-2H3. The molecule has 2 rings (SSSR count). The van der Waals surface area contributed by atoms with Gasteiger partial charge in [0.05, 0.1) is 4.47 Å². The van der Waals surface area contributed by atoms with Crippen molar-refractivity contribution >= 4 is 31.9 Å². The van der Waals surface area contributed by atoms with Gasteiger partial charge in [0, 0.05) is 12.0 Å². The van der Waals surface area contributed by atoms with Crippen molar-refractivity contribution in [3.63, 3.8) is 0 Å². The minimum Gasteiger partial charge on any atom is -0.439 e. The van der Waals surface area contributed by atoms with E-state index in [0.717, 1.165) is 0 Å². The molecule has 0 unspecified atom stereocenters. The van der Waals surface area contributed by atoms with Crippen molar-refractivity contribution in [3.05, 3.63) is 45.0 Å². The Kier molecular flexibility index (Phi) is 4.52. The third-order valence-electron chi connectivity index (χ3n) is 2.32. The molecule has 0 bridgehead atoms. The van der Waals surface area contributed by atoms with Gasteiger partial charge >= 0.3 is 0 Å². The van der Waals surface area contributed by atoms with Gasteiger partial charge in [0.2, 0.25) is 5.88 Å². The van der Waals surface area contributed by atoms with Gasteiger partial charge in [-0.25, -0.2) is 9.37 Å². The minimum atomic E-state index is -0.334. The normalized spacial score (nSPS) is 10.8. The molecule has 0 aliphatic heterocycles. The summed E-state index contributed by atoms with van der Waals surface area (Å²) in [5.41, 5.74) is 0. The van der Waals surface area contributed by atoms with Crippen molar-refractivity contribution in [2.45, 2.75) is 19.8 Å². The molecular weight excluding hydrogens is 379 g/mol. The Morgan fingerprint density at radius 1 is 1.16 bits per heavy atom. The zero-order valence-electron chi connectivity index (χ0n) is 10.3. The molecule has 0 aliphatic carbocycles. The number of aromatic nitrogens is 2. The van der Waals surface area contributed by atoms with Crippen molar-refractivity contribution in [2.75, 3.05) is 0 Å². The molecule has 1 aromatic heterocycles. The lowest BCUT2D eigenvalue weighted by Crippen LogP contribution is -2.00. The van der Waals surface area contributed by atoms with Crippen LogP contribution >= 0.6 is 31.9 Å². The number of ether oxygens (including phenoxy) is 1. The molecule has 1 heterocycles. The molecule has 1 aromatic carbocycles. The number of hydrogen-bond donors (Lipinski definition) is 0. The maximum Gasteiger partial charge on any atom is 0.223 e. The van der Waals surface area contributed by atoms with E-state index in [9.17, 15) is 4.39 Å². The van der Waals surface area contributed by atoms with Gasteiger partial charge < -0.3 is 4.74 Å². The summed E-state index contributed by atoms with van der Waals surface area (Å²) in [6, 6.07) is 6.10. The summed E-state index contributed by atoms with van der Waals surface area (Å²) in [5, 5.41) is 0. The van der Waals surface area contributed by atoms with E-state index in [2.05, 4.69) is 41.8 Å². The van der Waals surface area contributed by atoms with E-state index in [1.807, 2.05) is 13.8 Å². The zero-order chi connectivity index (χ0) is 14.0. The summed E-state index contributed by atoms with van der Waals surface area (Å²) >= 11 is 6.43. The topological polar surface area (TPSA) is 35.0 Å². The number of halogens is 3. The largest absolute Gasteiger partial charge is 0.439 e. The quantitative estimate of drug-likeness (QED) is 0.688. The lowest BCUT2D eigenvalue weighted by molar-refractivity contribution is 0.454. The number of benzene rings is 1. The molecule has 0 aliphatic rings. The fourth-order valence-corrected chi connectivity index (χ4v) is 2.12. The van der Waals surface area contributed by atoms with Crippen LogP contribution in [0, 0.1) is 5.82 Å². The Hall–Kier alpha value is -1.01. The van der Waals surface area contributed by atoms with Crippen molar-refractivity contribution in [3.8, 4) is 11.6 Å². The molecule has 2 aromatic rings. The van der Waals surface area contributed by atoms with Gasteiger partial charge in [-0.05, 0) is 50.1 Å². The van der Waals surface area contributed by atoms with Crippen LogP contribution in [0.3, 0.4) is 0 Å². The zero-order valence-corrected chi connectivity index (χ0v) is 13.5. The SMILES string of the molecule is CC(C)c1nc(Br)cc(Oc2ccc(F)c(Br)c2)n1. The summed E-state index contributed by atoms with van der Waals surface area (Å²) in [4.78, 5) is 8.57. The molecule has 6 heteroatoms. The van der Waals surface area contributed by atoms with Crippen LogP contribution in [0.1, 0.15) is 25.6 Å². The lowest BCUT2D eigenvalue weighted by Gasteiger charge is -2.09. The van der Waals surface area contributed by atoms with Gasteiger partial charge in [0.1, 0.15) is 22.0 Å². The van der Waals surface area contributed by atoms with Gasteiger partial charge in [-0.2, -0.15) is 4.98 Å². The molecule has 0 N–H and O–H groups in total. The third kappa shape index (κ3) is 3.73. The van der Waals surface area contributed by atoms with E-state index in [4.69, 9.17) is 4.74 Å².